The van der Waals surface area contributed by atoms with Crippen LogP contribution >= 0.6 is 0 Å². The van der Waals surface area contributed by atoms with Gasteiger partial charge in [0.15, 0.2) is 0 Å². The van der Waals surface area contributed by atoms with E-state index in [9.17, 15) is 4.79 Å². The first-order chi connectivity index (χ1) is 3.83. The molecule has 42 valence electrons. The third-order valence-electron chi connectivity index (χ3n) is 0.887. The van der Waals surface area contributed by atoms with Crippen molar-refractivity contribution in [1.82, 2.24) is 0 Å². The number of hydrogen-bond acceptors (Lipinski definition) is 2. The van der Waals surface area contributed by atoms with Crippen LogP contribution in [0, 0.1) is 0 Å². The van der Waals surface area contributed by atoms with Gasteiger partial charge in [0.25, 0.3) is 0 Å². The van der Waals surface area contributed by atoms with E-state index in [4.69, 9.17) is 0 Å². The van der Waals surface area contributed by atoms with E-state index in [1.807, 2.05) is 6.92 Å². The Hall–Kier alpha value is -1.05. The summed E-state index contributed by atoms with van der Waals surface area (Å²) in [5.41, 5.74) is 0. The van der Waals surface area contributed by atoms with Gasteiger partial charge in [-0.15, -0.1) is 0 Å². The van der Waals surface area contributed by atoms with E-state index < -0.39 is 0 Å². The summed E-state index contributed by atoms with van der Waals surface area (Å²) in [7, 11) is 0. The largest absolute Gasteiger partial charge is 0.424 e. The average Bonchev–Trinajstić information content (AvgIpc) is 2.14. The van der Waals surface area contributed by atoms with Crippen molar-refractivity contribution < 1.29 is 9.53 Å². The first kappa shape index (κ1) is 5.09. The number of ether oxygens (including phenoxy) is 1. The summed E-state index contributed by atoms with van der Waals surface area (Å²) in [6, 6.07) is 0. The van der Waals surface area contributed by atoms with Gasteiger partial charge in [-0.05, 0) is 19.1 Å². The zero-order valence-electron chi connectivity index (χ0n) is 4.55. The zero-order chi connectivity index (χ0) is 5.98. The Morgan fingerprint density at radius 1 is 1.62 bits per heavy atom. The smallest absolute Gasteiger partial charge is 0.336 e. The second-order valence-corrected chi connectivity index (χ2v) is 1.45. The van der Waals surface area contributed by atoms with Crippen LogP contribution in [0.3, 0.4) is 0 Å². The van der Waals surface area contributed by atoms with E-state index in [0.717, 1.165) is 0 Å². The van der Waals surface area contributed by atoms with Crippen molar-refractivity contribution >= 4 is 5.97 Å². The maximum atomic E-state index is 10.3. The number of allylic oxidation sites excluding steroid dienone is 2. The molecule has 0 aliphatic carbocycles. The monoisotopic (exact) mass is 110 g/mol. The molecule has 0 bridgehead atoms. The molecule has 0 aromatic carbocycles. The molecule has 1 rings (SSSR count). The molecule has 0 radical (unpaired) electrons. The summed E-state index contributed by atoms with van der Waals surface area (Å²) in [6.45, 7) is 1.82. The molecule has 1 aliphatic heterocycles. The summed E-state index contributed by atoms with van der Waals surface area (Å²) in [6.07, 6.45) is 4.78. The highest BCUT2D eigenvalue weighted by Crippen LogP contribution is 2.06. The first-order valence-corrected chi connectivity index (χ1v) is 2.39. The molecule has 0 aromatic rings. The second kappa shape index (κ2) is 1.82. The number of hydrogen-bond donors (Lipinski definition) is 0. The van der Waals surface area contributed by atoms with Crippen LogP contribution in [0.1, 0.15) is 6.92 Å². The highest BCUT2D eigenvalue weighted by Gasteiger charge is 2.06. The van der Waals surface area contributed by atoms with Gasteiger partial charge >= 0.3 is 5.97 Å². The van der Waals surface area contributed by atoms with E-state index in [-0.39, 0.29) is 5.97 Å². The lowest BCUT2D eigenvalue weighted by molar-refractivity contribution is -0.132. The number of esters is 1. The van der Waals surface area contributed by atoms with Crippen molar-refractivity contribution in [3.63, 3.8) is 0 Å². The van der Waals surface area contributed by atoms with Gasteiger partial charge in [0.1, 0.15) is 5.76 Å². The van der Waals surface area contributed by atoms with Gasteiger partial charge in [-0.3, -0.25) is 0 Å². The Labute approximate surface area is 47.5 Å². The molecule has 0 aromatic heterocycles. The van der Waals surface area contributed by atoms with E-state index in [1.54, 1.807) is 12.2 Å². The highest BCUT2D eigenvalue weighted by molar-refractivity contribution is 5.86. The minimum Gasteiger partial charge on any atom is -0.424 e. The molecule has 0 atom stereocenters. The lowest BCUT2D eigenvalue weighted by Gasteiger charge is -1.89. The molecule has 1 heterocycles. The van der Waals surface area contributed by atoms with Crippen molar-refractivity contribution in [2.75, 3.05) is 0 Å². The van der Waals surface area contributed by atoms with Gasteiger partial charge in [-0.2, -0.15) is 0 Å². The third kappa shape index (κ3) is 0.780. The topological polar surface area (TPSA) is 26.3 Å². The van der Waals surface area contributed by atoms with Crippen LogP contribution in [0.25, 0.3) is 0 Å². The van der Waals surface area contributed by atoms with E-state index in [2.05, 4.69) is 4.74 Å². The first-order valence-electron chi connectivity index (χ1n) is 2.39. The third-order valence-corrected chi connectivity index (χ3v) is 0.887. The Balaban J connectivity index is 2.73. The Morgan fingerprint density at radius 2 is 2.38 bits per heavy atom. The zero-order valence-corrected chi connectivity index (χ0v) is 4.55. The van der Waals surface area contributed by atoms with E-state index in [0.29, 0.717) is 5.76 Å². The number of carbonyl (C=O) groups excluding carboxylic acids is 1. The quantitative estimate of drug-likeness (QED) is 0.435. The van der Waals surface area contributed by atoms with Gasteiger partial charge < -0.3 is 4.74 Å². The van der Waals surface area contributed by atoms with Crippen LogP contribution in [-0.4, -0.2) is 5.97 Å². The van der Waals surface area contributed by atoms with Crippen LogP contribution in [0.5, 0.6) is 0 Å². The van der Waals surface area contributed by atoms with E-state index in [1.165, 1.54) is 6.08 Å². The van der Waals surface area contributed by atoms with Crippen molar-refractivity contribution in [3.05, 3.63) is 24.0 Å². The number of carbonyl (C=O) groups is 1. The van der Waals surface area contributed by atoms with E-state index >= 15 is 0 Å². The van der Waals surface area contributed by atoms with Gasteiger partial charge in [0.2, 0.25) is 0 Å². The lowest BCUT2D eigenvalue weighted by atomic mass is 10.4. The second-order valence-electron chi connectivity index (χ2n) is 1.45. The molecule has 2 nitrogen and oxygen atoms in total. The van der Waals surface area contributed by atoms with Crippen molar-refractivity contribution in [2.24, 2.45) is 0 Å². The predicted molar refractivity (Wildman–Crippen MR) is 29.0 cm³/mol. The van der Waals surface area contributed by atoms with Crippen LogP contribution < -0.4 is 0 Å². The molecule has 8 heavy (non-hydrogen) atoms. The number of rotatable bonds is 0. The van der Waals surface area contributed by atoms with Crippen LogP contribution in [0.15, 0.2) is 24.0 Å². The fourth-order valence-corrected chi connectivity index (χ4v) is 0.490. The maximum absolute atomic E-state index is 10.3. The molecule has 0 saturated carbocycles. The minimum absolute atomic E-state index is 0.280. The lowest BCUT2D eigenvalue weighted by Crippen LogP contribution is -1.88. The number of cyclic esters (lactones) is 1. The summed E-state index contributed by atoms with van der Waals surface area (Å²) < 4.78 is 4.62. The minimum atomic E-state index is -0.280. The molecular formula is C6H6O2. The summed E-state index contributed by atoms with van der Waals surface area (Å²) >= 11 is 0. The molecule has 1 aliphatic rings. The molecule has 0 spiro atoms. The van der Waals surface area contributed by atoms with Crippen LogP contribution in [0.4, 0.5) is 0 Å². The summed E-state index contributed by atoms with van der Waals surface area (Å²) in [5.74, 6) is 0.355. The van der Waals surface area contributed by atoms with Gasteiger partial charge in [0, 0.05) is 6.08 Å². The standard InChI is InChI=1S/C6H6O2/c1-2-5-3-4-6(7)8-5/h2-4H,1H3/b5-2-. The molecule has 0 N–H and O–H groups in total. The molecule has 0 saturated heterocycles. The van der Waals surface area contributed by atoms with Gasteiger partial charge in [0.05, 0.1) is 0 Å². The molecule has 0 unspecified atom stereocenters. The molecule has 0 amide bonds. The van der Waals surface area contributed by atoms with Crippen molar-refractivity contribution in [1.29, 1.82) is 0 Å². The maximum Gasteiger partial charge on any atom is 0.336 e. The Morgan fingerprint density at radius 3 is 2.62 bits per heavy atom. The van der Waals surface area contributed by atoms with Gasteiger partial charge in [-0.1, -0.05) is 0 Å². The fraction of sp³-hybridized carbons (Fsp3) is 0.167. The summed E-state index contributed by atoms with van der Waals surface area (Å²) in [4.78, 5) is 10.3. The summed E-state index contributed by atoms with van der Waals surface area (Å²) in [5, 5.41) is 0. The van der Waals surface area contributed by atoms with Crippen molar-refractivity contribution in [3.8, 4) is 0 Å². The van der Waals surface area contributed by atoms with Gasteiger partial charge in [-0.25, -0.2) is 4.79 Å². The molecule has 2 heteroatoms. The van der Waals surface area contributed by atoms with Crippen LogP contribution in [0.2, 0.25) is 0 Å². The molecular weight excluding hydrogens is 104 g/mol. The predicted octanol–water partition coefficient (Wildman–Crippen LogP) is 1.00. The highest BCUT2D eigenvalue weighted by atomic mass is 16.5. The van der Waals surface area contributed by atoms with Crippen LogP contribution in [-0.2, 0) is 9.53 Å². The normalized spacial score (nSPS) is 22.1. The Bertz CT molecular complexity index is 165. The molecule has 0 fully saturated rings. The average molecular weight is 110 g/mol. The van der Waals surface area contributed by atoms with Crippen molar-refractivity contribution in [2.45, 2.75) is 6.92 Å². The Kier molecular flexibility index (Phi) is 1.16. The SMILES string of the molecule is C/C=C1/C=CC(=O)O1. The fourth-order valence-electron chi connectivity index (χ4n) is 0.490.